The van der Waals surface area contributed by atoms with Crippen LogP contribution in [-0.4, -0.2) is 17.5 Å². The minimum absolute atomic E-state index is 0.108. The Hall–Kier alpha value is -2.56. The molecule has 0 amide bonds. The fraction of sp³-hybridized carbons (Fsp3) is 0.250. The predicted molar refractivity (Wildman–Crippen MR) is 79.1 cm³/mol. The zero-order chi connectivity index (χ0) is 15.9. The third-order valence-corrected chi connectivity index (χ3v) is 2.12. The first-order valence-corrected chi connectivity index (χ1v) is 6.42. The van der Waals surface area contributed by atoms with Crippen LogP contribution < -0.4 is 5.73 Å². The number of ether oxygens (including phenoxy) is 2. The average Bonchev–Trinajstić information content (AvgIpc) is 2.37. The standard InChI is InChI=1S/C16H19NO4/c1-16(2,3)21-14(18)11-7-10-13(17)20-15(19)12-8-5-4-6-9-12/h4-11H,17H2,1-3H3. The van der Waals surface area contributed by atoms with Crippen LogP contribution >= 0.6 is 0 Å². The van der Waals surface area contributed by atoms with Gasteiger partial charge >= 0.3 is 11.9 Å². The lowest BCUT2D eigenvalue weighted by Crippen LogP contribution is -2.22. The van der Waals surface area contributed by atoms with Gasteiger partial charge in [-0.05, 0) is 45.1 Å². The van der Waals surface area contributed by atoms with Crippen LogP contribution in [-0.2, 0) is 14.3 Å². The topological polar surface area (TPSA) is 78.6 Å². The van der Waals surface area contributed by atoms with E-state index in [-0.39, 0.29) is 5.88 Å². The van der Waals surface area contributed by atoms with Crippen LogP contribution in [0.5, 0.6) is 0 Å². The maximum Gasteiger partial charge on any atom is 0.344 e. The van der Waals surface area contributed by atoms with Crippen LogP contribution in [0.2, 0.25) is 0 Å². The Labute approximate surface area is 124 Å². The second kappa shape index (κ2) is 7.28. The number of esters is 2. The van der Waals surface area contributed by atoms with E-state index in [1.807, 2.05) is 0 Å². The van der Waals surface area contributed by atoms with E-state index in [1.165, 1.54) is 18.2 Å². The van der Waals surface area contributed by atoms with E-state index in [4.69, 9.17) is 15.2 Å². The summed E-state index contributed by atoms with van der Waals surface area (Å²) < 4.78 is 9.98. The zero-order valence-corrected chi connectivity index (χ0v) is 12.3. The van der Waals surface area contributed by atoms with Gasteiger partial charge < -0.3 is 15.2 Å². The quantitative estimate of drug-likeness (QED) is 0.399. The normalized spacial score (nSPS) is 12.2. The first-order valence-electron chi connectivity index (χ1n) is 6.42. The van der Waals surface area contributed by atoms with Crippen LogP contribution in [0.25, 0.3) is 0 Å². The second-order valence-electron chi connectivity index (χ2n) is 5.22. The maximum absolute atomic E-state index is 11.7. The van der Waals surface area contributed by atoms with Crippen molar-refractivity contribution >= 4 is 11.9 Å². The van der Waals surface area contributed by atoms with E-state index in [9.17, 15) is 9.59 Å². The summed E-state index contributed by atoms with van der Waals surface area (Å²) in [4.78, 5) is 23.1. The molecule has 2 N–H and O–H groups in total. The SMILES string of the molecule is CC(C)(C)OC(=O)C=CC=C(N)OC(=O)c1ccccc1. The Bertz CT molecular complexity index is 553. The molecular weight excluding hydrogens is 270 g/mol. The molecule has 0 radical (unpaired) electrons. The molecule has 0 heterocycles. The van der Waals surface area contributed by atoms with Crippen LogP contribution in [0.15, 0.2) is 54.4 Å². The van der Waals surface area contributed by atoms with E-state index >= 15 is 0 Å². The number of allylic oxidation sites excluding steroid dienone is 2. The number of nitrogens with two attached hydrogens (primary N) is 1. The highest BCUT2D eigenvalue weighted by Crippen LogP contribution is 2.07. The van der Waals surface area contributed by atoms with E-state index in [2.05, 4.69) is 0 Å². The average molecular weight is 289 g/mol. The summed E-state index contributed by atoms with van der Waals surface area (Å²) in [7, 11) is 0. The Balaban J connectivity index is 2.54. The number of carbonyl (C=O) groups excluding carboxylic acids is 2. The smallest absolute Gasteiger partial charge is 0.344 e. The lowest BCUT2D eigenvalue weighted by Gasteiger charge is -2.17. The van der Waals surface area contributed by atoms with Crippen LogP contribution in [0, 0.1) is 0 Å². The van der Waals surface area contributed by atoms with E-state index in [0.717, 1.165) is 0 Å². The van der Waals surface area contributed by atoms with Gasteiger partial charge in [-0.1, -0.05) is 18.2 Å². The van der Waals surface area contributed by atoms with Gasteiger partial charge in [0.05, 0.1) is 5.56 Å². The Morgan fingerprint density at radius 1 is 1.14 bits per heavy atom. The summed E-state index contributed by atoms with van der Waals surface area (Å²) in [6.07, 6.45) is 3.88. The molecule has 0 aliphatic carbocycles. The van der Waals surface area contributed by atoms with Crippen molar-refractivity contribution in [1.82, 2.24) is 0 Å². The highest BCUT2D eigenvalue weighted by molar-refractivity contribution is 5.90. The Kier molecular flexibility index (Phi) is 5.72. The van der Waals surface area contributed by atoms with Gasteiger partial charge in [0.2, 0.25) is 0 Å². The maximum atomic E-state index is 11.7. The summed E-state index contributed by atoms with van der Waals surface area (Å²) in [6.45, 7) is 5.31. The monoisotopic (exact) mass is 289 g/mol. The van der Waals surface area contributed by atoms with Gasteiger partial charge in [0.25, 0.3) is 0 Å². The molecule has 0 saturated heterocycles. The predicted octanol–water partition coefficient (Wildman–Crippen LogP) is 2.54. The van der Waals surface area contributed by atoms with Crippen LogP contribution in [0.4, 0.5) is 0 Å². The molecule has 5 heteroatoms. The van der Waals surface area contributed by atoms with E-state index in [0.29, 0.717) is 5.56 Å². The van der Waals surface area contributed by atoms with Gasteiger partial charge in [-0.15, -0.1) is 0 Å². The highest BCUT2D eigenvalue weighted by Gasteiger charge is 2.13. The van der Waals surface area contributed by atoms with Gasteiger partial charge in [-0.2, -0.15) is 0 Å². The van der Waals surface area contributed by atoms with E-state index in [1.54, 1.807) is 51.1 Å². The lowest BCUT2D eigenvalue weighted by molar-refractivity contribution is -0.148. The first kappa shape index (κ1) is 16.5. The highest BCUT2D eigenvalue weighted by atomic mass is 16.6. The molecule has 0 unspecified atom stereocenters. The summed E-state index contributed by atoms with van der Waals surface area (Å²) in [5.41, 5.74) is 5.37. The fourth-order valence-electron chi connectivity index (χ4n) is 1.33. The first-order chi connectivity index (χ1) is 9.78. The third kappa shape index (κ3) is 6.96. The summed E-state index contributed by atoms with van der Waals surface area (Å²) in [6, 6.07) is 8.47. The largest absolute Gasteiger partial charge is 0.457 e. The molecule has 112 valence electrons. The molecule has 0 atom stereocenters. The lowest BCUT2D eigenvalue weighted by atomic mass is 10.2. The molecule has 1 aromatic carbocycles. The van der Waals surface area contributed by atoms with Gasteiger partial charge in [-0.3, -0.25) is 0 Å². The van der Waals surface area contributed by atoms with Crippen molar-refractivity contribution in [3.63, 3.8) is 0 Å². The minimum Gasteiger partial charge on any atom is -0.457 e. The molecule has 0 fully saturated rings. The number of benzene rings is 1. The molecule has 5 nitrogen and oxygen atoms in total. The van der Waals surface area contributed by atoms with Gasteiger partial charge in [0.1, 0.15) is 5.60 Å². The molecule has 0 aliphatic heterocycles. The van der Waals surface area contributed by atoms with Crippen molar-refractivity contribution in [2.75, 3.05) is 0 Å². The Morgan fingerprint density at radius 2 is 1.76 bits per heavy atom. The third-order valence-electron chi connectivity index (χ3n) is 2.12. The summed E-state index contributed by atoms with van der Waals surface area (Å²) in [5.74, 6) is -1.17. The molecule has 0 bridgehead atoms. The van der Waals surface area contributed by atoms with Crippen molar-refractivity contribution < 1.29 is 19.1 Å². The molecule has 1 aromatic rings. The summed E-state index contributed by atoms with van der Waals surface area (Å²) >= 11 is 0. The number of rotatable bonds is 4. The molecule has 1 rings (SSSR count). The van der Waals surface area contributed by atoms with Crippen LogP contribution in [0.3, 0.4) is 0 Å². The molecule has 0 saturated carbocycles. The molecule has 21 heavy (non-hydrogen) atoms. The number of carbonyl (C=O) groups is 2. The van der Waals surface area contributed by atoms with Gasteiger partial charge in [-0.25, -0.2) is 9.59 Å². The fourth-order valence-corrected chi connectivity index (χ4v) is 1.33. The van der Waals surface area contributed by atoms with Crippen molar-refractivity contribution in [2.24, 2.45) is 5.73 Å². The number of hydrogen-bond donors (Lipinski definition) is 1. The van der Waals surface area contributed by atoms with Gasteiger partial charge in [0.15, 0.2) is 5.88 Å². The summed E-state index contributed by atoms with van der Waals surface area (Å²) in [5, 5.41) is 0. The van der Waals surface area contributed by atoms with Crippen molar-refractivity contribution in [3.05, 3.63) is 60.0 Å². The van der Waals surface area contributed by atoms with Crippen LogP contribution in [0.1, 0.15) is 31.1 Å². The number of hydrogen-bond acceptors (Lipinski definition) is 5. The van der Waals surface area contributed by atoms with Gasteiger partial charge in [0, 0.05) is 6.08 Å². The molecule has 0 spiro atoms. The Morgan fingerprint density at radius 3 is 2.33 bits per heavy atom. The molecular formula is C16H19NO4. The zero-order valence-electron chi connectivity index (χ0n) is 12.3. The molecule has 0 aliphatic rings. The molecule has 0 aromatic heterocycles. The van der Waals surface area contributed by atoms with Crippen molar-refractivity contribution in [3.8, 4) is 0 Å². The van der Waals surface area contributed by atoms with E-state index < -0.39 is 17.5 Å². The minimum atomic E-state index is -0.560. The van der Waals surface area contributed by atoms with Crippen molar-refractivity contribution in [1.29, 1.82) is 0 Å². The second-order valence-corrected chi connectivity index (χ2v) is 5.22. The van der Waals surface area contributed by atoms with Crippen molar-refractivity contribution in [2.45, 2.75) is 26.4 Å².